The van der Waals surface area contributed by atoms with Crippen molar-refractivity contribution < 1.29 is 4.79 Å². The first-order chi connectivity index (χ1) is 8.08. The number of hydrogen-bond donors (Lipinski definition) is 0. The summed E-state index contributed by atoms with van der Waals surface area (Å²) in [5.41, 5.74) is 2.63. The fourth-order valence-electron chi connectivity index (χ4n) is 1.70. The van der Waals surface area contributed by atoms with E-state index in [0.29, 0.717) is 17.1 Å². The van der Waals surface area contributed by atoms with E-state index in [4.69, 9.17) is 11.6 Å². The van der Waals surface area contributed by atoms with Crippen molar-refractivity contribution >= 4 is 17.4 Å². The Hall–Kier alpha value is -1.61. The highest BCUT2D eigenvalue weighted by Crippen LogP contribution is 2.16. The van der Waals surface area contributed by atoms with E-state index in [9.17, 15) is 4.79 Å². The predicted octanol–water partition coefficient (Wildman–Crippen LogP) is 2.81. The number of Topliss-reactive ketones (excluding diaryl/α,β-unsaturated/α-hetero) is 1. The number of carbonyl (C=O) groups excluding carboxylic acids is 1. The van der Waals surface area contributed by atoms with Crippen LogP contribution in [0.1, 0.15) is 21.6 Å². The number of ketones is 1. The molecule has 0 spiro atoms. The number of aryl methyl sites for hydroxylation is 2. The molecule has 1 heterocycles. The summed E-state index contributed by atoms with van der Waals surface area (Å²) in [7, 11) is 1.72. The molecule has 0 saturated heterocycles. The molecular weight excluding hydrogens is 236 g/mol. The van der Waals surface area contributed by atoms with Crippen LogP contribution in [-0.4, -0.2) is 15.6 Å². The Kier molecular flexibility index (Phi) is 3.29. The molecule has 1 aromatic carbocycles. The molecule has 88 valence electrons. The zero-order valence-electron chi connectivity index (χ0n) is 9.77. The number of rotatable bonds is 3. The molecule has 0 saturated carbocycles. The summed E-state index contributed by atoms with van der Waals surface area (Å²) in [5.74, 6) is -0.0150. The highest BCUT2D eigenvalue weighted by Gasteiger charge is 2.15. The highest BCUT2D eigenvalue weighted by molar-refractivity contribution is 6.33. The maximum absolute atomic E-state index is 12.1. The Balaban J connectivity index is 2.20. The van der Waals surface area contributed by atoms with E-state index in [1.165, 1.54) is 16.4 Å². The third kappa shape index (κ3) is 2.56. The van der Waals surface area contributed by atoms with Crippen LogP contribution in [0.4, 0.5) is 0 Å². The molecule has 0 unspecified atom stereocenters. The summed E-state index contributed by atoms with van der Waals surface area (Å²) >= 11 is 5.93. The first kappa shape index (κ1) is 11.9. The quantitative estimate of drug-likeness (QED) is 0.783. The van der Waals surface area contributed by atoms with Gasteiger partial charge in [-0.3, -0.25) is 9.48 Å². The topological polar surface area (TPSA) is 34.9 Å². The second-order valence-corrected chi connectivity index (χ2v) is 4.46. The Morgan fingerprint density at radius 3 is 2.53 bits per heavy atom. The molecule has 1 aromatic heterocycles. The lowest BCUT2D eigenvalue weighted by atomic mass is 10.1. The van der Waals surface area contributed by atoms with Gasteiger partial charge in [-0.15, -0.1) is 0 Å². The second kappa shape index (κ2) is 4.72. The molecular formula is C13H13ClN2O. The van der Waals surface area contributed by atoms with E-state index >= 15 is 0 Å². The van der Waals surface area contributed by atoms with E-state index in [-0.39, 0.29) is 5.78 Å². The lowest BCUT2D eigenvalue weighted by Gasteiger charge is -2.03. The van der Waals surface area contributed by atoms with Gasteiger partial charge in [0.2, 0.25) is 0 Å². The van der Waals surface area contributed by atoms with Crippen molar-refractivity contribution in [3.05, 3.63) is 52.3 Å². The number of benzene rings is 1. The van der Waals surface area contributed by atoms with Crippen molar-refractivity contribution in [2.45, 2.75) is 13.3 Å². The molecule has 3 nitrogen and oxygen atoms in total. The fraction of sp³-hybridized carbons (Fsp3) is 0.231. The molecule has 0 N–H and O–H groups in total. The SMILES string of the molecule is Cc1ccc(CC(=O)c2c(Cl)cnn2C)cc1. The van der Waals surface area contributed by atoms with Crippen molar-refractivity contribution in [2.75, 3.05) is 0 Å². The molecule has 0 amide bonds. The van der Waals surface area contributed by atoms with E-state index in [2.05, 4.69) is 5.10 Å². The number of halogens is 1. The maximum Gasteiger partial charge on any atom is 0.186 e. The minimum Gasteiger partial charge on any atom is -0.292 e. The molecule has 2 aromatic rings. The van der Waals surface area contributed by atoms with Crippen LogP contribution in [0.2, 0.25) is 5.02 Å². The van der Waals surface area contributed by atoms with Crippen molar-refractivity contribution in [3.63, 3.8) is 0 Å². The summed E-state index contributed by atoms with van der Waals surface area (Å²) < 4.78 is 1.51. The first-order valence-electron chi connectivity index (χ1n) is 5.34. The first-order valence-corrected chi connectivity index (χ1v) is 5.72. The van der Waals surface area contributed by atoms with Crippen LogP contribution in [0.3, 0.4) is 0 Å². The molecule has 0 bridgehead atoms. The third-order valence-electron chi connectivity index (χ3n) is 2.64. The van der Waals surface area contributed by atoms with Gasteiger partial charge in [-0.2, -0.15) is 5.10 Å². The largest absolute Gasteiger partial charge is 0.292 e. The zero-order valence-corrected chi connectivity index (χ0v) is 10.5. The molecule has 0 aliphatic rings. The number of hydrogen-bond acceptors (Lipinski definition) is 2. The van der Waals surface area contributed by atoms with E-state index in [0.717, 1.165) is 5.56 Å². The fourth-order valence-corrected chi connectivity index (χ4v) is 1.97. The molecule has 17 heavy (non-hydrogen) atoms. The lowest BCUT2D eigenvalue weighted by Crippen LogP contribution is -2.10. The molecule has 0 aliphatic heterocycles. The Bertz CT molecular complexity index is 524. The van der Waals surface area contributed by atoms with Gasteiger partial charge in [0.25, 0.3) is 0 Å². The molecule has 0 aliphatic carbocycles. The molecule has 2 rings (SSSR count). The van der Waals surface area contributed by atoms with Crippen LogP contribution >= 0.6 is 11.6 Å². The summed E-state index contributed by atoms with van der Waals surface area (Å²) in [6.45, 7) is 2.02. The normalized spacial score (nSPS) is 10.5. The van der Waals surface area contributed by atoms with E-state index < -0.39 is 0 Å². The molecule has 0 atom stereocenters. The minimum absolute atomic E-state index is 0.0150. The van der Waals surface area contributed by atoms with Gasteiger partial charge in [-0.25, -0.2) is 0 Å². The van der Waals surface area contributed by atoms with Crippen LogP contribution in [0.15, 0.2) is 30.5 Å². The van der Waals surface area contributed by atoms with Gasteiger partial charge in [-0.1, -0.05) is 41.4 Å². The average molecular weight is 249 g/mol. The average Bonchev–Trinajstić information content (AvgIpc) is 2.62. The van der Waals surface area contributed by atoms with Gasteiger partial charge in [0.15, 0.2) is 5.78 Å². The summed E-state index contributed by atoms with van der Waals surface area (Å²) in [4.78, 5) is 12.1. The van der Waals surface area contributed by atoms with Gasteiger partial charge in [0.1, 0.15) is 5.69 Å². The van der Waals surface area contributed by atoms with Crippen molar-refractivity contribution in [1.29, 1.82) is 0 Å². The number of aromatic nitrogens is 2. The molecule has 0 radical (unpaired) electrons. The number of carbonyl (C=O) groups is 1. The molecule has 4 heteroatoms. The maximum atomic E-state index is 12.1. The van der Waals surface area contributed by atoms with Gasteiger partial charge in [0, 0.05) is 13.5 Å². The second-order valence-electron chi connectivity index (χ2n) is 4.05. The third-order valence-corrected chi connectivity index (χ3v) is 2.92. The lowest BCUT2D eigenvalue weighted by molar-refractivity contribution is 0.0984. The zero-order chi connectivity index (χ0) is 12.4. The Labute approximate surface area is 105 Å². The summed E-state index contributed by atoms with van der Waals surface area (Å²) in [6, 6.07) is 7.90. The minimum atomic E-state index is -0.0150. The smallest absolute Gasteiger partial charge is 0.186 e. The van der Waals surface area contributed by atoms with E-state index in [1.807, 2.05) is 31.2 Å². The Morgan fingerprint density at radius 1 is 1.35 bits per heavy atom. The van der Waals surface area contributed by atoms with Crippen LogP contribution in [0.25, 0.3) is 0 Å². The van der Waals surface area contributed by atoms with Crippen LogP contribution < -0.4 is 0 Å². The van der Waals surface area contributed by atoms with Crippen molar-refractivity contribution in [1.82, 2.24) is 9.78 Å². The summed E-state index contributed by atoms with van der Waals surface area (Å²) in [6.07, 6.45) is 1.84. The Morgan fingerprint density at radius 2 is 2.00 bits per heavy atom. The predicted molar refractivity (Wildman–Crippen MR) is 67.4 cm³/mol. The van der Waals surface area contributed by atoms with Crippen LogP contribution in [0.5, 0.6) is 0 Å². The van der Waals surface area contributed by atoms with Gasteiger partial charge < -0.3 is 0 Å². The highest BCUT2D eigenvalue weighted by atomic mass is 35.5. The van der Waals surface area contributed by atoms with Crippen molar-refractivity contribution in [3.8, 4) is 0 Å². The van der Waals surface area contributed by atoms with Gasteiger partial charge in [-0.05, 0) is 12.5 Å². The van der Waals surface area contributed by atoms with Crippen LogP contribution in [-0.2, 0) is 13.5 Å². The monoisotopic (exact) mass is 248 g/mol. The van der Waals surface area contributed by atoms with E-state index in [1.54, 1.807) is 7.05 Å². The van der Waals surface area contributed by atoms with Gasteiger partial charge in [0.05, 0.1) is 11.2 Å². The van der Waals surface area contributed by atoms with Gasteiger partial charge >= 0.3 is 0 Å². The van der Waals surface area contributed by atoms with Crippen molar-refractivity contribution in [2.24, 2.45) is 7.05 Å². The number of nitrogens with zero attached hydrogens (tertiary/aromatic N) is 2. The molecule has 0 fully saturated rings. The van der Waals surface area contributed by atoms with Crippen LogP contribution in [0, 0.1) is 6.92 Å². The standard InChI is InChI=1S/C13H13ClN2O/c1-9-3-5-10(6-4-9)7-12(17)13-11(14)8-15-16(13)2/h3-6,8H,7H2,1-2H3. The summed E-state index contributed by atoms with van der Waals surface area (Å²) in [5, 5.41) is 4.36.